The molecule has 0 bridgehead atoms. The van der Waals surface area contributed by atoms with Crippen LogP contribution in [0.15, 0.2) is 29.2 Å². The zero-order valence-electron chi connectivity index (χ0n) is 20.4. The zero-order valence-corrected chi connectivity index (χ0v) is 24.3. The monoisotopic (exact) mass is 476 g/mol. The van der Waals surface area contributed by atoms with Gasteiger partial charge in [0.15, 0.2) is 0 Å². The Bertz CT molecular complexity index is 631. The van der Waals surface area contributed by atoms with Crippen LogP contribution < -0.4 is 51.4 Å². The van der Waals surface area contributed by atoms with E-state index >= 15 is 0 Å². The Morgan fingerprint density at radius 2 is 0.968 bits per heavy atom. The molecular formula is C26H45KO3S. The van der Waals surface area contributed by atoms with Gasteiger partial charge in [-0.15, -0.1) is 0 Å². The van der Waals surface area contributed by atoms with Crippen LogP contribution in [0.4, 0.5) is 0 Å². The van der Waals surface area contributed by atoms with Gasteiger partial charge >= 0.3 is 51.4 Å². The fraction of sp³-hybridized carbons (Fsp3) is 0.769. The maximum atomic E-state index is 11.3. The summed E-state index contributed by atoms with van der Waals surface area (Å²) >= 11 is 0. The Labute approximate surface area is 235 Å². The fourth-order valence-electron chi connectivity index (χ4n) is 4.17. The number of benzene rings is 1. The van der Waals surface area contributed by atoms with Gasteiger partial charge in [-0.2, -0.15) is 0 Å². The molecule has 3 nitrogen and oxygen atoms in total. The van der Waals surface area contributed by atoms with Crippen LogP contribution in [0.3, 0.4) is 0 Å². The van der Waals surface area contributed by atoms with Crippen LogP contribution in [0.1, 0.15) is 128 Å². The van der Waals surface area contributed by atoms with Gasteiger partial charge in [0, 0.05) is 0 Å². The molecule has 1 aromatic carbocycles. The van der Waals surface area contributed by atoms with E-state index in [1.165, 1.54) is 109 Å². The molecule has 0 aliphatic heterocycles. The van der Waals surface area contributed by atoms with Gasteiger partial charge in [-0.1, -0.05) is 134 Å². The normalized spacial score (nSPS) is 11.4. The predicted octanol–water partition coefficient (Wildman–Crippen LogP) is 5.18. The molecule has 0 aromatic heterocycles. The first kappa shape index (κ1) is 31.8. The summed E-state index contributed by atoms with van der Waals surface area (Å²) in [4.78, 5) is -0.0445. The number of rotatable bonds is 20. The van der Waals surface area contributed by atoms with Crippen molar-refractivity contribution in [1.82, 2.24) is 0 Å². The van der Waals surface area contributed by atoms with Crippen LogP contribution in [0.5, 0.6) is 0 Å². The second kappa shape index (κ2) is 21.3. The van der Waals surface area contributed by atoms with E-state index in [1.807, 2.05) is 0 Å². The topological polar surface area (TPSA) is 57.2 Å². The number of hydrogen-bond donors (Lipinski definition) is 0. The van der Waals surface area contributed by atoms with Gasteiger partial charge in [-0.3, -0.25) is 0 Å². The fourth-order valence-corrected chi connectivity index (χ4v) is 4.91. The molecule has 31 heavy (non-hydrogen) atoms. The Morgan fingerprint density at radius 3 is 1.35 bits per heavy atom. The second-order valence-corrected chi connectivity index (χ2v) is 10.2. The molecule has 0 saturated carbocycles. The first-order valence-electron chi connectivity index (χ1n) is 12.6. The van der Waals surface area contributed by atoms with Crippen molar-refractivity contribution in [3.63, 3.8) is 0 Å². The quantitative estimate of drug-likeness (QED) is 0.148. The molecule has 0 unspecified atom stereocenters. The molecule has 0 aliphatic rings. The van der Waals surface area contributed by atoms with E-state index in [2.05, 4.69) is 6.92 Å². The molecule has 0 aliphatic carbocycles. The summed E-state index contributed by atoms with van der Waals surface area (Å²) in [6.07, 6.45) is 24.7. The van der Waals surface area contributed by atoms with Gasteiger partial charge in [0.25, 0.3) is 0 Å². The van der Waals surface area contributed by atoms with Crippen LogP contribution in [0, 0.1) is 0 Å². The molecule has 0 saturated heterocycles. The summed E-state index contributed by atoms with van der Waals surface area (Å²) in [5.41, 5.74) is 0.670. The van der Waals surface area contributed by atoms with Crippen molar-refractivity contribution in [1.29, 1.82) is 0 Å². The number of unbranched alkanes of at least 4 members (excludes halogenated alkanes) is 17. The SMILES string of the molecule is CCCCCCCCCCCCCCCCCCCCc1ccccc1S(=O)(=O)[O-].[K+]. The summed E-state index contributed by atoms with van der Waals surface area (Å²) in [6.45, 7) is 2.28. The van der Waals surface area contributed by atoms with Gasteiger partial charge < -0.3 is 4.55 Å². The summed E-state index contributed by atoms with van der Waals surface area (Å²) in [5.74, 6) is 0. The molecule has 174 valence electrons. The predicted molar refractivity (Wildman–Crippen MR) is 127 cm³/mol. The third-order valence-electron chi connectivity index (χ3n) is 6.04. The van der Waals surface area contributed by atoms with Gasteiger partial charge in [-0.25, -0.2) is 8.42 Å². The van der Waals surface area contributed by atoms with E-state index in [9.17, 15) is 13.0 Å². The van der Waals surface area contributed by atoms with Crippen molar-refractivity contribution in [2.24, 2.45) is 0 Å². The van der Waals surface area contributed by atoms with Crippen molar-refractivity contribution in [2.45, 2.75) is 134 Å². The average Bonchev–Trinajstić information content (AvgIpc) is 2.72. The van der Waals surface area contributed by atoms with E-state index in [-0.39, 0.29) is 56.3 Å². The molecule has 0 heterocycles. The van der Waals surface area contributed by atoms with Crippen LogP contribution in [-0.4, -0.2) is 13.0 Å². The van der Waals surface area contributed by atoms with Gasteiger partial charge in [0.1, 0.15) is 10.1 Å². The van der Waals surface area contributed by atoms with Crippen molar-refractivity contribution in [3.8, 4) is 0 Å². The van der Waals surface area contributed by atoms with Crippen LogP contribution >= 0.6 is 0 Å². The van der Waals surface area contributed by atoms with Gasteiger partial charge in [0.05, 0.1) is 4.90 Å². The summed E-state index contributed by atoms with van der Waals surface area (Å²) in [5, 5.41) is 0. The average molecular weight is 477 g/mol. The van der Waals surface area contributed by atoms with Crippen molar-refractivity contribution >= 4 is 10.1 Å². The number of aryl methyl sites for hydroxylation is 1. The molecule has 0 amide bonds. The third-order valence-corrected chi connectivity index (χ3v) is 6.98. The first-order chi connectivity index (χ1) is 14.6. The van der Waals surface area contributed by atoms with Crippen molar-refractivity contribution in [3.05, 3.63) is 29.8 Å². The Balaban J connectivity index is 0.00000900. The maximum absolute atomic E-state index is 11.3. The molecule has 0 fully saturated rings. The van der Waals surface area contributed by atoms with Crippen molar-refractivity contribution < 1.29 is 64.4 Å². The van der Waals surface area contributed by atoms with Crippen LogP contribution in [0.25, 0.3) is 0 Å². The summed E-state index contributed by atoms with van der Waals surface area (Å²) in [7, 11) is -4.36. The Kier molecular flexibility index (Phi) is 21.8. The zero-order chi connectivity index (χ0) is 21.9. The largest absolute Gasteiger partial charge is 1.00 e. The molecule has 1 rings (SSSR count). The molecule has 1 aromatic rings. The van der Waals surface area contributed by atoms with Gasteiger partial charge in [-0.05, 0) is 24.5 Å². The molecule has 0 spiro atoms. The van der Waals surface area contributed by atoms with Crippen molar-refractivity contribution in [2.75, 3.05) is 0 Å². The van der Waals surface area contributed by atoms with E-state index in [4.69, 9.17) is 0 Å². The summed E-state index contributed by atoms with van der Waals surface area (Å²) in [6, 6.07) is 6.60. The smallest absolute Gasteiger partial charge is 0.744 e. The van der Waals surface area contributed by atoms with E-state index in [0.29, 0.717) is 12.0 Å². The second-order valence-electron chi connectivity index (χ2n) is 8.82. The summed E-state index contributed by atoms with van der Waals surface area (Å²) < 4.78 is 33.9. The van der Waals surface area contributed by atoms with Gasteiger partial charge in [0.2, 0.25) is 0 Å². The van der Waals surface area contributed by atoms with Crippen LogP contribution in [0.2, 0.25) is 0 Å². The minimum atomic E-state index is -4.36. The third kappa shape index (κ3) is 17.8. The Morgan fingerprint density at radius 1 is 0.613 bits per heavy atom. The molecular weight excluding hydrogens is 431 g/mol. The number of hydrogen-bond acceptors (Lipinski definition) is 3. The Hall–Kier alpha value is 0.766. The van der Waals surface area contributed by atoms with E-state index < -0.39 is 10.1 Å². The molecule has 0 atom stereocenters. The minimum Gasteiger partial charge on any atom is -0.744 e. The first-order valence-corrected chi connectivity index (χ1v) is 14.0. The maximum Gasteiger partial charge on any atom is 1.00 e. The standard InChI is InChI=1S/C26H46O3S.K/c1-2-3-4-5-6-7-8-9-10-11-12-13-14-15-16-17-18-19-22-25-23-20-21-24-26(25)30(27,28)29;/h20-21,23-24H,2-19,22H2,1H3,(H,27,28,29);/q;+1/p-1. The molecule has 0 N–H and O–H groups in total. The van der Waals surface area contributed by atoms with Crippen LogP contribution in [-0.2, 0) is 16.5 Å². The molecule has 5 heteroatoms. The van der Waals surface area contributed by atoms with E-state index in [1.54, 1.807) is 18.2 Å². The minimum absolute atomic E-state index is 0. The van der Waals surface area contributed by atoms with E-state index in [0.717, 1.165) is 12.8 Å². The molecule has 0 radical (unpaired) electrons.